The first-order valence-corrected chi connectivity index (χ1v) is 11.1. The molecule has 2 amide bonds. The number of nitrogens with one attached hydrogen (secondary N) is 2. The van der Waals surface area contributed by atoms with Crippen LogP contribution < -0.4 is 10.3 Å². The second-order valence-electron chi connectivity index (χ2n) is 8.83. The number of rotatable bonds is 4. The lowest BCUT2D eigenvalue weighted by Crippen LogP contribution is -2.51. The third-order valence-corrected chi connectivity index (χ3v) is 5.39. The SMILES string of the molecule is CC(C)C(=O)Nc1c[nH]c2ncc(Br)c(N(C(=O)OC(C)(C)C)N3CCCCC3)c12. The van der Waals surface area contributed by atoms with E-state index in [-0.39, 0.29) is 11.8 Å². The van der Waals surface area contributed by atoms with Crippen LogP contribution in [0.15, 0.2) is 16.9 Å². The molecule has 0 atom stereocenters. The highest BCUT2D eigenvalue weighted by Crippen LogP contribution is 2.39. The lowest BCUT2D eigenvalue weighted by Gasteiger charge is -2.38. The van der Waals surface area contributed by atoms with E-state index in [2.05, 4.69) is 31.2 Å². The third-order valence-electron chi connectivity index (χ3n) is 4.81. The maximum absolute atomic E-state index is 13.3. The fourth-order valence-corrected chi connectivity index (χ4v) is 3.84. The van der Waals surface area contributed by atoms with Crippen LogP contribution in [0, 0.1) is 5.92 Å². The van der Waals surface area contributed by atoms with E-state index in [0.717, 1.165) is 32.4 Å². The molecular formula is C21H30BrN5O3. The van der Waals surface area contributed by atoms with Crippen LogP contribution >= 0.6 is 15.9 Å². The number of pyridine rings is 1. The average molecular weight is 480 g/mol. The van der Waals surface area contributed by atoms with Crippen molar-refractivity contribution in [3.8, 4) is 0 Å². The van der Waals surface area contributed by atoms with E-state index in [9.17, 15) is 9.59 Å². The second kappa shape index (κ2) is 8.93. The van der Waals surface area contributed by atoms with Gasteiger partial charge in [0.2, 0.25) is 5.91 Å². The number of carbonyl (C=O) groups is 2. The van der Waals surface area contributed by atoms with Crippen molar-refractivity contribution >= 4 is 50.3 Å². The maximum atomic E-state index is 13.3. The molecule has 2 aromatic rings. The van der Waals surface area contributed by atoms with Crippen LogP contribution in [0.25, 0.3) is 11.0 Å². The smallest absolute Gasteiger partial charge is 0.429 e. The fourth-order valence-electron chi connectivity index (χ4n) is 3.37. The predicted octanol–water partition coefficient (Wildman–Crippen LogP) is 5.06. The molecule has 0 bridgehead atoms. The monoisotopic (exact) mass is 479 g/mol. The van der Waals surface area contributed by atoms with Gasteiger partial charge in [0.05, 0.1) is 21.2 Å². The molecule has 0 aromatic carbocycles. The number of fused-ring (bicyclic) bond motifs is 1. The van der Waals surface area contributed by atoms with Crippen molar-refractivity contribution in [3.63, 3.8) is 0 Å². The lowest BCUT2D eigenvalue weighted by atomic mass is 10.1. The van der Waals surface area contributed by atoms with Gasteiger partial charge in [0.15, 0.2) is 0 Å². The zero-order chi connectivity index (χ0) is 22.1. The van der Waals surface area contributed by atoms with Gasteiger partial charge in [0.1, 0.15) is 11.2 Å². The first kappa shape index (κ1) is 22.6. The Morgan fingerprint density at radius 2 is 1.93 bits per heavy atom. The molecule has 164 valence electrons. The fraction of sp³-hybridized carbons (Fsp3) is 0.571. The van der Waals surface area contributed by atoms with E-state index in [4.69, 9.17) is 4.74 Å². The number of halogens is 1. The number of carbonyl (C=O) groups excluding carboxylic acids is 2. The number of aromatic amines is 1. The number of piperidine rings is 1. The molecule has 0 spiro atoms. The van der Waals surface area contributed by atoms with Crippen molar-refractivity contribution in [3.05, 3.63) is 16.9 Å². The van der Waals surface area contributed by atoms with Crippen LogP contribution in [-0.4, -0.2) is 45.7 Å². The average Bonchev–Trinajstić information content (AvgIpc) is 3.06. The molecule has 0 saturated carbocycles. The molecule has 3 rings (SSSR count). The molecule has 2 aromatic heterocycles. The first-order valence-electron chi connectivity index (χ1n) is 10.3. The van der Waals surface area contributed by atoms with Crippen LogP contribution in [0.4, 0.5) is 16.2 Å². The molecule has 1 aliphatic heterocycles. The molecule has 1 aliphatic rings. The quantitative estimate of drug-likeness (QED) is 0.638. The van der Waals surface area contributed by atoms with E-state index in [1.165, 1.54) is 0 Å². The van der Waals surface area contributed by atoms with Gasteiger partial charge in [0.25, 0.3) is 0 Å². The van der Waals surface area contributed by atoms with E-state index < -0.39 is 11.7 Å². The molecule has 30 heavy (non-hydrogen) atoms. The normalized spacial score (nSPS) is 15.4. The Bertz CT molecular complexity index is 929. The molecule has 8 nitrogen and oxygen atoms in total. The molecule has 1 saturated heterocycles. The summed E-state index contributed by atoms with van der Waals surface area (Å²) in [5.41, 5.74) is 1.13. The van der Waals surface area contributed by atoms with E-state index in [1.54, 1.807) is 17.4 Å². The Morgan fingerprint density at radius 3 is 2.53 bits per heavy atom. The Hall–Kier alpha value is -2.13. The van der Waals surface area contributed by atoms with E-state index >= 15 is 0 Å². The van der Waals surface area contributed by atoms with E-state index in [1.807, 2.05) is 39.6 Å². The Balaban J connectivity index is 2.14. The number of anilines is 2. The van der Waals surface area contributed by atoms with Gasteiger partial charge in [-0.3, -0.25) is 4.79 Å². The highest BCUT2D eigenvalue weighted by Gasteiger charge is 2.33. The van der Waals surface area contributed by atoms with Gasteiger partial charge in [-0.25, -0.2) is 19.8 Å². The van der Waals surface area contributed by atoms with Crippen molar-refractivity contribution in [1.82, 2.24) is 15.0 Å². The van der Waals surface area contributed by atoms with Gasteiger partial charge in [0, 0.05) is 31.4 Å². The van der Waals surface area contributed by atoms with Crippen LogP contribution in [0.5, 0.6) is 0 Å². The number of H-pyrrole nitrogens is 1. The van der Waals surface area contributed by atoms with Crippen molar-refractivity contribution in [1.29, 1.82) is 0 Å². The van der Waals surface area contributed by atoms with Crippen molar-refractivity contribution in [2.24, 2.45) is 5.92 Å². The van der Waals surface area contributed by atoms with Gasteiger partial charge in [-0.05, 0) is 49.5 Å². The molecule has 2 N–H and O–H groups in total. The lowest BCUT2D eigenvalue weighted by molar-refractivity contribution is -0.118. The Morgan fingerprint density at radius 1 is 1.27 bits per heavy atom. The summed E-state index contributed by atoms with van der Waals surface area (Å²) in [4.78, 5) is 33.2. The molecular weight excluding hydrogens is 450 g/mol. The number of hydrogen-bond acceptors (Lipinski definition) is 5. The molecule has 3 heterocycles. The number of hydrazine groups is 1. The summed E-state index contributed by atoms with van der Waals surface area (Å²) in [5.74, 6) is -0.286. The first-order chi connectivity index (χ1) is 14.1. The summed E-state index contributed by atoms with van der Waals surface area (Å²) < 4.78 is 6.40. The summed E-state index contributed by atoms with van der Waals surface area (Å²) in [7, 11) is 0. The number of nitrogens with zero attached hydrogens (tertiary/aromatic N) is 3. The summed E-state index contributed by atoms with van der Waals surface area (Å²) in [5, 5.41) is 7.22. The van der Waals surface area contributed by atoms with Crippen molar-refractivity contribution < 1.29 is 14.3 Å². The summed E-state index contributed by atoms with van der Waals surface area (Å²) in [6.07, 6.45) is 6.02. The predicted molar refractivity (Wildman–Crippen MR) is 121 cm³/mol. The Labute approximate surface area is 185 Å². The van der Waals surface area contributed by atoms with Crippen molar-refractivity contribution in [2.75, 3.05) is 23.4 Å². The third kappa shape index (κ3) is 4.95. The molecule has 0 radical (unpaired) electrons. The Kier molecular flexibility index (Phi) is 6.71. The highest BCUT2D eigenvalue weighted by molar-refractivity contribution is 9.10. The zero-order valence-corrected chi connectivity index (χ0v) is 19.8. The molecule has 0 aliphatic carbocycles. The number of ether oxygens (including phenoxy) is 1. The topological polar surface area (TPSA) is 90.6 Å². The van der Waals surface area contributed by atoms with Gasteiger partial charge in [-0.2, -0.15) is 0 Å². The summed E-state index contributed by atoms with van der Waals surface area (Å²) in [6, 6.07) is 0. The maximum Gasteiger partial charge on any atom is 0.429 e. The van der Waals surface area contributed by atoms with Gasteiger partial charge < -0.3 is 15.0 Å². The zero-order valence-electron chi connectivity index (χ0n) is 18.2. The molecule has 1 fully saturated rings. The summed E-state index contributed by atoms with van der Waals surface area (Å²) >= 11 is 3.58. The van der Waals surface area contributed by atoms with Crippen LogP contribution in [0.3, 0.4) is 0 Å². The number of amides is 2. The van der Waals surface area contributed by atoms with Gasteiger partial charge in [-0.1, -0.05) is 20.3 Å². The van der Waals surface area contributed by atoms with Crippen molar-refractivity contribution in [2.45, 2.75) is 59.5 Å². The minimum Gasteiger partial charge on any atom is -0.442 e. The van der Waals surface area contributed by atoms with Crippen LogP contribution in [0.1, 0.15) is 53.9 Å². The minimum absolute atomic E-state index is 0.108. The van der Waals surface area contributed by atoms with E-state index in [0.29, 0.717) is 26.9 Å². The van der Waals surface area contributed by atoms with Crippen LogP contribution in [-0.2, 0) is 9.53 Å². The molecule has 9 heteroatoms. The largest absolute Gasteiger partial charge is 0.442 e. The highest BCUT2D eigenvalue weighted by atomic mass is 79.9. The van der Waals surface area contributed by atoms with Gasteiger partial charge in [-0.15, -0.1) is 0 Å². The number of aromatic nitrogens is 2. The van der Waals surface area contributed by atoms with Gasteiger partial charge >= 0.3 is 6.09 Å². The van der Waals surface area contributed by atoms with Crippen LogP contribution in [0.2, 0.25) is 0 Å². The standard InChI is InChI=1S/C21H30BrN5O3/c1-13(2)19(28)25-15-12-24-18-16(15)17(14(22)11-23-18)27(20(29)30-21(3,4)5)26-9-7-6-8-10-26/h11-13H,6-10H2,1-5H3,(H,23,24)(H,25,28). The summed E-state index contributed by atoms with van der Waals surface area (Å²) in [6.45, 7) is 10.7. The second-order valence-corrected chi connectivity index (χ2v) is 9.69. The number of hydrogen-bond donors (Lipinski definition) is 2. The molecule has 0 unspecified atom stereocenters. The minimum atomic E-state index is -0.642.